The van der Waals surface area contributed by atoms with Crippen molar-refractivity contribution < 1.29 is 9.84 Å². The molecule has 0 bridgehead atoms. The second-order valence-corrected chi connectivity index (χ2v) is 5.41. The number of aliphatic hydroxyl groups is 1. The summed E-state index contributed by atoms with van der Waals surface area (Å²) < 4.78 is 5.72. The molecule has 0 aromatic carbocycles. The fourth-order valence-electron chi connectivity index (χ4n) is 2.00. The van der Waals surface area contributed by atoms with Crippen LogP contribution in [0.25, 0.3) is 0 Å². The van der Waals surface area contributed by atoms with Gasteiger partial charge in [0.2, 0.25) is 0 Å². The number of hydrogen-bond acceptors (Lipinski definition) is 3. The van der Waals surface area contributed by atoms with Crippen LogP contribution in [-0.4, -0.2) is 37.0 Å². The van der Waals surface area contributed by atoms with E-state index in [1.54, 1.807) is 0 Å². The van der Waals surface area contributed by atoms with Crippen molar-refractivity contribution in [3.8, 4) is 0 Å². The minimum Gasteiger partial charge on any atom is -0.396 e. The van der Waals surface area contributed by atoms with Crippen LogP contribution in [0.15, 0.2) is 0 Å². The van der Waals surface area contributed by atoms with Crippen LogP contribution in [0.2, 0.25) is 0 Å². The summed E-state index contributed by atoms with van der Waals surface area (Å²) in [5.74, 6) is 0. The van der Waals surface area contributed by atoms with E-state index >= 15 is 0 Å². The summed E-state index contributed by atoms with van der Waals surface area (Å²) in [6.45, 7) is 8.64. The van der Waals surface area contributed by atoms with E-state index in [1.165, 1.54) is 12.8 Å². The van der Waals surface area contributed by atoms with Gasteiger partial charge in [-0.25, -0.2) is 0 Å². The van der Waals surface area contributed by atoms with Crippen molar-refractivity contribution in [2.24, 2.45) is 5.41 Å². The van der Waals surface area contributed by atoms with Gasteiger partial charge >= 0.3 is 0 Å². The molecule has 1 rings (SSSR count). The number of aliphatic hydroxyl groups excluding tert-OH is 1. The predicted molar refractivity (Wildman–Crippen MR) is 61.9 cm³/mol. The third kappa shape index (κ3) is 4.96. The molecule has 0 spiro atoms. The van der Waals surface area contributed by atoms with E-state index in [0.717, 1.165) is 19.5 Å². The van der Waals surface area contributed by atoms with E-state index in [0.29, 0.717) is 12.2 Å². The SMILES string of the molecule is CC1CCC(CNCC(C)(C)CCO)O1. The van der Waals surface area contributed by atoms with Gasteiger partial charge in [0.1, 0.15) is 0 Å². The van der Waals surface area contributed by atoms with Crippen LogP contribution in [0.5, 0.6) is 0 Å². The summed E-state index contributed by atoms with van der Waals surface area (Å²) >= 11 is 0. The molecule has 2 unspecified atom stereocenters. The van der Waals surface area contributed by atoms with Crippen molar-refractivity contribution in [3.63, 3.8) is 0 Å². The maximum absolute atomic E-state index is 8.89. The predicted octanol–water partition coefficient (Wildman–Crippen LogP) is 1.55. The van der Waals surface area contributed by atoms with Gasteiger partial charge < -0.3 is 15.2 Å². The van der Waals surface area contributed by atoms with Gasteiger partial charge in [-0.05, 0) is 31.6 Å². The Morgan fingerprint density at radius 2 is 2.13 bits per heavy atom. The number of hydrogen-bond donors (Lipinski definition) is 2. The molecule has 90 valence electrons. The highest BCUT2D eigenvalue weighted by molar-refractivity contribution is 4.76. The molecule has 0 saturated carbocycles. The Hall–Kier alpha value is -0.120. The molecule has 1 aliphatic rings. The Labute approximate surface area is 93.2 Å². The van der Waals surface area contributed by atoms with Gasteiger partial charge in [-0.2, -0.15) is 0 Å². The molecule has 1 fully saturated rings. The lowest BCUT2D eigenvalue weighted by molar-refractivity contribution is 0.0542. The lowest BCUT2D eigenvalue weighted by Gasteiger charge is -2.25. The van der Waals surface area contributed by atoms with Gasteiger partial charge in [0.05, 0.1) is 12.2 Å². The highest BCUT2D eigenvalue weighted by atomic mass is 16.5. The highest BCUT2D eigenvalue weighted by Gasteiger charge is 2.22. The largest absolute Gasteiger partial charge is 0.396 e. The summed E-state index contributed by atoms with van der Waals surface area (Å²) in [4.78, 5) is 0. The molecule has 2 N–H and O–H groups in total. The van der Waals surface area contributed by atoms with Crippen molar-refractivity contribution in [2.75, 3.05) is 19.7 Å². The Morgan fingerprint density at radius 3 is 2.67 bits per heavy atom. The minimum atomic E-state index is 0.180. The van der Waals surface area contributed by atoms with E-state index in [2.05, 4.69) is 26.1 Å². The summed E-state index contributed by atoms with van der Waals surface area (Å²) in [7, 11) is 0. The Balaban J connectivity index is 2.10. The molecule has 0 aromatic rings. The Morgan fingerprint density at radius 1 is 1.40 bits per heavy atom. The molecule has 3 heteroatoms. The molecule has 0 aromatic heterocycles. The first-order valence-electron chi connectivity index (χ1n) is 6.00. The lowest BCUT2D eigenvalue weighted by atomic mass is 9.90. The van der Waals surface area contributed by atoms with Crippen LogP contribution in [0.1, 0.15) is 40.0 Å². The second-order valence-electron chi connectivity index (χ2n) is 5.41. The van der Waals surface area contributed by atoms with Crippen molar-refractivity contribution in [2.45, 2.75) is 52.2 Å². The molecule has 2 atom stereocenters. The molecule has 3 nitrogen and oxygen atoms in total. The molecule has 1 saturated heterocycles. The average molecular weight is 215 g/mol. The second kappa shape index (κ2) is 5.83. The summed E-state index contributed by atoms with van der Waals surface area (Å²) in [6, 6.07) is 0. The first kappa shape index (κ1) is 12.9. The quantitative estimate of drug-likeness (QED) is 0.706. The van der Waals surface area contributed by atoms with Crippen LogP contribution in [0.4, 0.5) is 0 Å². The van der Waals surface area contributed by atoms with E-state index in [-0.39, 0.29) is 12.0 Å². The molecule has 0 amide bonds. The highest BCUT2D eigenvalue weighted by Crippen LogP contribution is 2.20. The normalized spacial score (nSPS) is 27.2. The number of ether oxygens (including phenoxy) is 1. The van der Waals surface area contributed by atoms with E-state index in [4.69, 9.17) is 9.84 Å². The summed E-state index contributed by atoms with van der Waals surface area (Å²) in [5.41, 5.74) is 0.180. The first-order chi connectivity index (χ1) is 7.03. The molecule has 1 heterocycles. The monoisotopic (exact) mass is 215 g/mol. The Kier molecular flexibility index (Phi) is 5.03. The van der Waals surface area contributed by atoms with E-state index in [9.17, 15) is 0 Å². The van der Waals surface area contributed by atoms with Gasteiger partial charge in [0.15, 0.2) is 0 Å². The van der Waals surface area contributed by atoms with Gasteiger partial charge in [-0.3, -0.25) is 0 Å². The number of rotatable bonds is 6. The van der Waals surface area contributed by atoms with E-state index in [1.807, 2.05) is 0 Å². The third-order valence-corrected chi connectivity index (χ3v) is 3.08. The van der Waals surface area contributed by atoms with Gasteiger partial charge in [-0.15, -0.1) is 0 Å². The van der Waals surface area contributed by atoms with Crippen molar-refractivity contribution >= 4 is 0 Å². The average Bonchev–Trinajstić information content (AvgIpc) is 2.51. The van der Waals surface area contributed by atoms with Crippen molar-refractivity contribution in [1.29, 1.82) is 0 Å². The number of nitrogens with one attached hydrogen (secondary N) is 1. The van der Waals surface area contributed by atoms with Crippen LogP contribution < -0.4 is 5.32 Å². The van der Waals surface area contributed by atoms with Gasteiger partial charge in [-0.1, -0.05) is 13.8 Å². The third-order valence-electron chi connectivity index (χ3n) is 3.08. The van der Waals surface area contributed by atoms with Crippen LogP contribution in [-0.2, 0) is 4.74 Å². The fraction of sp³-hybridized carbons (Fsp3) is 1.00. The summed E-state index contributed by atoms with van der Waals surface area (Å²) in [6.07, 6.45) is 4.04. The summed E-state index contributed by atoms with van der Waals surface area (Å²) in [5, 5.41) is 12.3. The standard InChI is InChI=1S/C12H25NO2/c1-10-4-5-11(15-10)8-13-9-12(2,3)6-7-14/h10-11,13-14H,4-9H2,1-3H3. The first-order valence-corrected chi connectivity index (χ1v) is 6.00. The topological polar surface area (TPSA) is 41.5 Å². The van der Waals surface area contributed by atoms with Crippen LogP contribution >= 0.6 is 0 Å². The molecular weight excluding hydrogens is 190 g/mol. The molecule has 1 aliphatic heterocycles. The minimum absolute atomic E-state index is 0.180. The van der Waals surface area contributed by atoms with Crippen LogP contribution in [0.3, 0.4) is 0 Å². The zero-order valence-electron chi connectivity index (χ0n) is 10.3. The maximum Gasteiger partial charge on any atom is 0.0704 e. The maximum atomic E-state index is 8.89. The zero-order chi connectivity index (χ0) is 11.3. The van der Waals surface area contributed by atoms with Gasteiger partial charge in [0, 0.05) is 19.7 Å². The van der Waals surface area contributed by atoms with Crippen molar-refractivity contribution in [1.82, 2.24) is 5.32 Å². The van der Waals surface area contributed by atoms with E-state index < -0.39 is 0 Å². The fourth-order valence-corrected chi connectivity index (χ4v) is 2.00. The lowest BCUT2D eigenvalue weighted by Crippen LogP contribution is -2.35. The van der Waals surface area contributed by atoms with Gasteiger partial charge in [0.25, 0.3) is 0 Å². The van der Waals surface area contributed by atoms with Crippen molar-refractivity contribution in [3.05, 3.63) is 0 Å². The zero-order valence-corrected chi connectivity index (χ0v) is 10.3. The molecule has 15 heavy (non-hydrogen) atoms. The molecular formula is C12H25NO2. The Bertz CT molecular complexity index is 182. The molecule has 0 aliphatic carbocycles. The van der Waals surface area contributed by atoms with Crippen LogP contribution in [0, 0.1) is 5.41 Å². The smallest absolute Gasteiger partial charge is 0.0704 e. The molecule has 0 radical (unpaired) electrons.